The Morgan fingerprint density at radius 1 is 1.15 bits per heavy atom. The third kappa shape index (κ3) is 4.68. The fourth-order valence-electron chi connectivity index (χ4n) is 6.36. The van der Waals surface area contributed by atoms with Gasteiger partial charge in [0.2, 0.25) is 0 Å². The number of hydrogen-bond acceptors (Lipinski definition) is 8. The molecule has 2 amide bonds. The van der Waals surface area contributed by atoms with Gasteiger partial charge in [0.1, 0.15) is 23.0 Å². The Balaban J connectivity index is 1.32. The van der Waals surface area contributed by atoms with Gasteiger partial charge in [-0.2, -0.15) is 5.10 Å². The zero-order valence-electron chi connectivity index (χ0n) is 23.5. The van der Waals surface area contributed by atoms with Gasteiger partial charge in [-0.25, -0.2) is 14.2 Å². The zero-order chi connectivity index (χ0) is 29.1. The van der Waals surface area contributed by atoms with E-state index < -0.39 is 23.0 Å². The van der Waals surface area contributed by atoms with E-state index in [1.807, 2.05) is 50.9 Å². The molecule has 0 aromatic heterocycles. The van der Waals surface area contributed by atoms with Crippen LogP contribution in [0.2, 0.25) is 0 Å². The van der Waals surface area contributed by atoms with Crippen molar-refractivity contribution in [3.63, 3.8) is 0 Å². The molecule has 4 aliphatic rings. The predicted molar refractivity (Wildman–Crippen MR) is 154 cm³/mol. The molecule has 3 heterocycles. The maximum Gasteiger partial charge on any atom is 0.410 e. The molecule has 1 saturated heterocycles. The molecule has 2 bridgehead atoms. The number of carbonyl (C=O) groups is 2. The average Bonchev–Trinajstić information content (AvgIpc) is 3.60. The molecule has 2 aromatic carbocycles. The number of benzene rings is 2. The standard InChI is InChI=1S/C30H34FN7O3/c1-29(2,3)41-28(40)37-15-17-12-22(37)23(13-17)38-30(4)24(26(32)33-16-34-30)25(36-38)20-11-10-18(14-21(20)31)27(39)35-19-8-6-5-7-9-19/h5-11,14,16-17,22-23H,12-13,15,32H2,1-4H3,(H,33,34)(H,35,39). The first-order chi connectivity index (χ1) is 19.4. The largest absolute Gasteiger partial charge is 0.444 e. The second-order valence-electron chi connectivity index (χ2n) is 12.1. The smallest absolute Gasteiger partial charge is 0.410 e. The number of halogens is 1. The molecule has 6 rings (SSSR count). The molecular weight excluding hydrogens is 525 g/mol. The lowest BCUT2D eigenvalue weighted by Gasteiger charge is -2.45. The van der Waals surface area contributed by atoms with Crippen molar-refractivity contribution < 1.29 is 18.7 Å². The number of nitrogens with zero attached hydrogens (tertiary/aromatic N) is 4. The summed E-state index contributed by atoms with van der Waals surface area (Å²) in [6.45, 7) is 8.12. The summed E-state index contributed by atoms with van der Waals surface area (Å²) >= 11 is 0. The summed E-state index contributed by atoms with van der Waals surface area (Å²) in [6, 6.07) is 13.0. The third-order valence-electron chi connectivity index (χ3n) is 8.10. The van der Waals surface area contributed by atoms with E-state index in [4.69, 9.17) is 15.6 Å². The second kappa shape index (κ2) is 9.60. The highest BCUT2D eigenvalue weighted by Gasteiger charge is 2.57. The fraction of sp³-hybridized carbons (Fsp3) is 0.400. The highest BCUT2D eigenvalue weighted by Crippen LogP contribution is 2.47. The van der Waals surface area contributed by atoms with Crippen LogP contribution in [0.1, 0.15) is 56.5 Å². The molecule has 4 atom stereocenters. The minimum atomic E-state index is -0.911. The van der Waals surface area contributed by atoms with Gasteiger partial charge in [0, 0.05) is 23.4 Å². The summed E-state index contributed by atoms with van der Waals surface area (Å²) in [6.07, 6.45) is 2.84. The average molecular weight is 560 g/mol. The molecule has 4 N–H and O–H groups in total. The molecule has 4 unspecified atom stereocenters. The number of para-hydroxylation sites is 1. The summed E-state index contributed by atoms with van der Waals surface area (Å²) in [4.78, 5) is 31.9. The summed E-state index contributed by atoms with van der Waals surface area (Å²) in [5.41, 5.74) is 6.76. The highest BCUT2D eigenvalue weighted by atomic mass is 19.1. The topological polar surface area (TPSA) is 125 Å². The number of hydrazone groups is 1. The van der Waals surface area contributed by atoms with Gasteiger partial charge < -0.3 is 26.0 Å². The maximum atomic E-state index is 15.7. The molecule has 1 saturated carbocycles. The van der Waals surface area contributed by atoms with Crippen LogP contribution in [0.5, 0.6) is 0 Å². The summed E-state index contributed by atoms with van der Waals surface area (Å²) in [5, 5.41) is 12.9. The molecule has 214 valence electrons. The number of nitrogens with two attached hydrogens (primary N) is 1. The molecular formula is C30H34FN7O3. The highest BCUT2D eigenvalue weighted by molar-refractivity contribution is 6.16. The van der Waals surface area contributed by atoms with Gasteiger partial charge >= 0.3 is 6.09 Å². The molecule has 11 heteroatoms. The van der Waals surface area contributed by atoms with E-state index in [0.29, 0.717) is 29.4 Å². The Hall–Kier alpha value is -4.41. The van der Waals surface area contributed by atoms with Crippen LogP contribution < -0.4 is 16.4 Å². The zero-order valence-corrected chi connectivity index (χ0v) is 23.5. The Bertz CT molecular complexity index is 1500. The minimum absolute atomic E-state index is 0.119. The van der Waals surface area contributed by atoms with E-state index in [2.05, 4.69) is 15.6 Å². The number of piperidine rings is 1. The molecule has 0 radical (unpaired) electrons. The van der Waals surface area contributed by atoms with Crippen LogP contribution in [0.3, 0.4) is 0 Å². The van der Waals surface area contributed by atoms with Crippen molar-refractivity contribution in [2.45, 2.75) is 63.9 Å². The predicted octanol–water partition coefficient (Wildman–Crippen LogP) is 4.01. The van der Waals surface area contributed by atoms with Crippen molar-refractivity contribution in [1.29, 1.82) is 0 Å². The monoisotopic (exact) mass is 559 g/mol. The van der Waals surface area contributed by atoms with Crippen LogP contribution in [-0.2, 0) is 4.74 Å². The Labute approximate surface area is 238 Å². The number of amides is 2. The van der Waals surface area contributed by atoms with Crippen molar-refractivity contribution in [1.82, 2.24) is 15.2 Å². The van der Waals surface area contributed by atoms with Gasteiger partial charge in [0.15, 0.2) is 5.66 Å². The van der Waals surface area contributed by atoms with Gasteiger partial charge in [-0.3, -0.25) is 9.80 Å². The van der Waals surface area contributed by atoms with Crippen LogP contribution in [0.25, 0.3) is 0 Å². The number of aliphatic imine (C=N–C) groups is 1. The number of anilines is 1. The molecule has 2 aromatic rings. The first-order valence-electron chi connectivity index (χ1n) is 13.8. The lowest BCUT2D eigenvalue weighted by molar-refractivity contribution is -0.00647. The van der Waals surface area contributed by atoms with E-state index in [9.17, 15) is 9.59 Å². The number of hydrogen-bond donors (Lipinski definition) is 3. The number of ether oxygens (including phenoxy) is 1. The number of fused-ring (bicyclic) bond motifs is 3. The lowest BCUT2D eigenvalue weighted by atomic mass is 9.90. The molecule has 41 heavy (non-hydrogen) atoms. The van der Waals surface area contributed by atoms with Crippen LogP contribution in [0.4, 0.5) is 14.9 Å². The summed E-state index contributed by atoms with van der Waals surface area (Å²) in [7, 11) is 0. The Kier molecular flexibility index (Phi) is 6.28. The van der Waals surface area contributed by atoms with Crippen molar-refractivity contribution >= 4 is 29.7 Å². The van der Waals surface area contributed by atoms with E-state index in [1.165, 1.54) is 12.4 Å². The molecule has 10 nitrogen and oxygen atoms in total. The van der Waals surface area contributed by atoms with Gasteiger partial charge in [-0.1, -0.05) is 18.2 Å². The van der Waals surface area contributed by atoms with E-state index in [-0.39, 0.29) is 35.1 Å². The van der Waals surface area contributed by atoms with E-state index in [1.54, 1.807) is 29.2 Å². The van der Waals surface area contributed by atoms with Crippen molar-refractivity contribution in [3.05, 3.63) is 76.9 Å². The van der Waals surface area contributed by atoms with Crippen LogP contribution in [-0.4, -0.2) is 63.9 Å². The SMILES string of the molecule is CC(C)(C)OC(=O)N1CC2CC1C(N1N=C(c3ccc(C(=O)Nc4ccccc4)cc3F)C3=C(N)N=CNC31C)C2. The summed E-state index contributed by atoms with van der Waals surface area (Å²) < 4.78 is 21.4. The Morgan fingerprint density at radius 3 is 2.56 bits per heavy atom. The number of nitrogens with one attached hydrogen (secondary N) is 2. The number of likely N-dealkylation sites (tertiary alicyclic amines) is 1. The Morgan fingerprint density at radius 2 is 1.88 bits per heavy atom. The minimum Gasteiger partial charge on any atom is -0.444 e. The quantitative estimate of drug-likeness (QED) is 0.520. The first kappa shape index (κ1) is 26.8. The molecule has 0 spiro atoms. The maximum absolute atomic E-state index is 15.7. The normalized spacial score (nSPS) is 26.6. The molecule has 2 fully saturated rings. The van der Waals surface area contributed by atoms with Crippen LogP contribution in [0.15, 0.2) is 70.0 Å². The van der Waals surface area contributed by atoms with E-state index in [0.717, 1.165) is 12.8 Å². The lowest BCUT2D eigenvalue weighted by Crippen LogP contribution is -2.62. The second-order valence-corrected chi connectivity index (χ2v) is 12.1. The number of carbonyl (C=O) groups excluding carboxylic acids is 2. The van der Waals surface area contributed by atoms with Crippen molar-refractivity contribution in [2.24, 2.45) is 21.7 Å². The van der Waals surface area contributed by atoms with Gasteiger partial charge in [-0.05, 0) is 76.8 Å². The van der Waals surface area contributed by atoms with Gasteiger partial charge in [-0.15, -0.1) is 0 Å². The van der Waals surface area contributed by atoms with Gasteiger partial charge in [0.05, 0.1) is 24.0 Å². The number of rotatable bonds is 4. The first-order valence-corrected chi connectivity index (χ1v) is 13.8. The van der Waals surface area contributed by atoms with Gasteiger partial charge in [0.25, 0.3) is 5.91 Å². The fourth-order valence-corrected chi connectivity index (χ4v) is 6.36. The summed E-state index contributed by atoms with van der Waals surface area (Å²) in [5.74, 6) is -0.494. The molecule has 3 aliphatic heterocycles. The van der Waals surface area contributed by atoms with Crippen molar-refractivity contribution in [2.75, 3.05) is 11.9 Å². The van der Waals surface area contributed by atoms with Crippen molar-refractivity contribution in [3.8, 4) is 0 Å². The van der Waals surface area contributed by atoms with Crippen LogP contribution >= 0.6 is 0 Å². The van der Waals surface area contributed by atoms with E-state index >= 15 is 4.39 Å². The molecule has 1 aliphatic carbocycles. The third-order valence-corrected chi connectivity index (χ3v) is 8.10. The van der Waals surface area contributed by atoms with Crippen LogP contribution in [0, 0.1) is 11.7 Å².